The summed E-state index contributed by atoms with van der Waals surface area (Å²) in [5.41, 5.74) is 0. The number of thiazole rings is 1. The van der Waals surface area contributed by atoms with Crippen LogP contribution in [0.15, 0.2) is 6.20 Å². The van der Waals surface area contributed by atoms with Crippen LogP contribution >= 0.6 is 11.3 Å². The number of aromatic nitrogens is 1. The maximum absolute atomic E-state index is 12.7. The Kier molecular flexibility index (Phi) is 5.66. The quantitative estimate of drug-likeness (QED) is 0.823. The number of halogens is 3. The summed E-state index contributed by atoms with van der Waals surface area (Å²) in [5, 5.41) is 2.71. The van der Waals surface area contributed by atoms with Gasteiger partial charge in [-0.1, -0.05) is 26.7 Å². The number of hydrogen-bond donors (Lipinski definition) is 1. The highest BCUT2D eigenvalue weighted by atomic mass is 32.1. The highest BCUT2D eigenvalue weighted by Gasteiger charge is 2.36. The van der Waals surface area contributed by atoms with Gasteiger partial charge in [0, 0.05) is 17.1 Å². The van der Waals surface area contributed by atoms with Crippen molar-refractivity contribution in [2.45, 2.75) is 58.2 Å². The third-order valence-corrected chi connectivity index (χ3v) is 5.26. The van der Waals surface area contributed by atoms with Gasteiger partial charge >= 0.3 is 6.18 Å². The molecular weight excluding hydrogens is 297 g/mol. The molecule has 0 spiro atoms. The molecule has 3 atom stereocenters. The van der Waals surface area contributed by atoms with Crippen LogP contribution in [0.1, 0.15) is 61.9 Å². The first kappa shape index (κ1) is 16.7. The molecule has 1 heterocycles. The Hall–Kier alpha value is -0.620. The Morgan fingerprint density at radius 3 is 2.76 bits per heavy atom. The minimum absolute atomic E-state index is 0.0151. The topological polar surface area (TPSA) is 24.9 Å². The fourth-order valence-corrected chi connectivity index (χ4v) is 4.10. The molecule has 1 aliphatic carbocycles. The van der Waals surface area contributed by atoms with Crippen molar-refractivity contribution in [3.8, 4) is 0 Å². The molecule has 1 saturated carbocycles. The van der Waals surface area contributed by atoms with Crippen molar-refractivity contribution in [1.29, 1.82) is 0 Å². The molecular formula is C15H23F3N2S. The summed E-state index contributed by atoms with van der Waals surface area (Å²) in [5.74, 6) is 1.08. The Bertz CT molecular complexity index is 444. The van der Waals surface area contributed by atoms with Crippen LogP contribution < -0.4 is 5.32 Å². The predicted octanol–water partition coefficient (Wildman–Crippen LogP) is 5.03. The lowest BCUT2D eigenvalue weighted by molar-refractivity contribution is -0.137. The zero-order chi connectivity index (χ0) is 15.5. The van der Waals surface area contributed by atoms with Crippen LogP contribution in [0.3, 0.4) is 0 Å². The van der Waals surface area contributed by atoms with Crippen molar-refractivity contribution >= 4 is 11.3 Å². The highest BCUT2D eigenvalue weighted by molar-refractivity contribution is 7.11. The summed E-state index contributed by atoms with van der Waals surface area (Å²) in [6, 6.07) is 0.0151. The molecule has 1 aromatic heterocycles. The van der Waals surface area contributed by atoms with Crippen LogP contribution in [0.4, 0.5) is 13.2 Å². The largest absolute Gasteiger partial charge is 0.443 e. The minimum atomic E-state index is -4.34. The SMILES string of the molecule is CCCNC(c1cnc(C(F)(F)F)s1)C1CCCC(C)C1. The van der Waals surface area contributed by atoms with E-state index in [1.807, 2.05) is 0 Å². The van der Waals surface area contributed by atoms with Gasteiger partial charge in [0.15, 0.2) is 5.01 Å². The molecule has 0 bridgehead atoms. The molecule has 1 aliphatic rings. The lowest BCUT2D eigenvalue weighted by atomic mass is 9.78. The van der Waals surface area contributed by atoms with Gasteiger partial charge < -0.3 is 5.32 Å². The van der Waals surface area contributed by atoms with E-state index in [0.717, 1.165) is 42.0 Å². The summed E-state index contributed by atoms with van der Waals surface area (Å²) in [6.07, 6.45) is 2.63. The lowest BCUT2D eigenvalue weighted by Crippen LogP contribution is -2.31. The summed E-state index contributed by atoms with van der Waals surface area (Å²) in [4.78, 5) is 4.32. The van der Waals surface area contributed by atoms with E-state index in [9.17, 15) is 13.2 Å². The smallest absolute Gasteiger partial charge is 0.309 e. The molecule has 0 amide bonds. The maximum atomic E-state index is 12.7. The fourth-order valence-electron chi connectivity index (χ4n) is 3.14. The van der Waals surface area contributed by atoms with E-state index < -0.39 is 11.2 Å². The van der Waals surface area contributed by atoms with Gasteiger partial charge in [-0.15, -0.1) is 11.3 Å². The molecule has 1 aromatic rings. The molecule has 0 radical (unpaired) electrons. The zero-order valence-corrected chi connectivity index (χ0v) is 13.4. The van der Waals surface area contributed by atoms with Gasteiger partial charge in [-0.3, -0.25) is 0 Å². The van der Waals surface area contributed by atoms with Gasteiger partial charge in [0.1, 0.15) is 0 Å². The van der Waals surface area contributed by atoms with Crippen LogP contribution in [0.2, 0.25) is 0 Å². The molecule has 0 saturated heterocycles. The third kappa shape index (κ3) is 4.42. The van der Waals surface area contributed by atoms with Gasteiger partial charge in [-0.25, -0.2) is 4.98 Å². The Morgan fingerprint density at radius 1 is 1.43 bits per heavy atom. The van der Waals surface area contributed by atoms with Crippen LogP contribution in [-0.2, 0) is 6.18 Å². The van der Waals surface area contributed by atoms with E-state index in [0.29, 0.717) is 11.8 Å². The van der Waals surface area contributed by atoms with Crippen molar-refractivity contribution in [2.24, 2.45) is 11.8 Å². The summed E-state index contributed by atoms with van der Waals surface area (Å²) in [6.45, 7) is 5.13. The first-order valence-corrected chi connectivity index (χ1v) is 8.49. The van der Waals surface area contributed by atoms with Crippen LogP contribution in [0.25, 0.3) is 0 Å². The van der Waals surface area contributed by atoms with E-state index in [1.165, 1.54) is 19.0 Å². The Balaban J connectivity index is 2.16. The zero-order valence-electron chi connectivity index (χ0n) is 12.5. The number of nitrogens with one attached hydrogen (secondary N) is 1. The third-order valence-electron chi connectivity index (χ3n) is 4.14. The first-order valence-electron chi connectivity index (χ1n) is 7.68. The molecule has 0 aromatic carbocycles. The van der Waals surface area contributed by atoms with Crippen molar-refractivity contribution in [2.75, 3.05) is 6.54 Å². The highest BCUT2D eigenvalue weighted by Crippen LogP contribution is 2.41. The monoisotopic (exact) mass is 320 g/mol. The number of hydrogen-bond acceptors (Lipinski definition) is 3. The molecule has 0 aliphatic heterocycles. The van der Waals surface area contributed by atoms with Crippen LogP contribution in [0, 0.1) is 11.8 Å². The van der Waals surface area contributed by atoms with Crippen LogP contribution in [-0.4, -0.2) is 11.5 Å². The van der Waals surface area contributed by atoms with Crippen molar-refractivity contribution in [1.82, 2.24) is 10.3 Å². The standard InChI is InChI=1S/C15H23F3N2S/c1-3-7-19-13(11-6-4-5-10(2)8-11)12-9-20-14(21-12)15(16,17)18/h9-11,13,19H,3-8H2,1-2H3. The predicted molar refractivity (Wildman–Crippen MR) is 79.3 cm³/mol. The van der Waals surface area contributed by atoms with E-state index >= 15 is 0 Å². The van der Waals surface area contributed by atoms with E-state index in [-0.39, 0.29) is 6.04 Å². The molecule has 2 rings (SSSR count). The minimum Gasteiger partial charge on any atom is -0.309 e. The molecule has 1 N–H and O–H groups in total. The van der Waals surface area contributed by atoms with E-state index in [4.69, 9.17) is 0 Å². The van der Waals surface area contributed by atoms with Gasteiger partial charge in [0.25, 0.3) is 0 Å². The number of alkyl halides is 3. The molecule has 3 unspecified atom stereocenters. The molecule has 6 heteroatoms. The second-order valence-corrected chi connectivity index (χ2v) is 7.09. The molecule has 1 fully saturated rings. The number of nitrogens with zero attached hydrogens (tertiary/aromatic N) is 1. The second-order valence-electron chi connectivity index (χ2n) is 6.03. The maximum Gasteiger partial charge on any atom is 0.443 e. The van der Waals surface area contributed by atoms with Gasteiger partial charge in [0.2, 0.25) is 0 Å². The average Bonchev–Trinajstić information content (AvgIpc) is 2.89. The Labute approximate surface area is 128 Å². The fraction of sp³-hybridized carbons (Fsp3) is 0.800. The van der Waals surface area contributed by atoms with Gasteiger partial charge in [0.05, 0.1) is 0 Å². The molecule has 2 nitrogen and oxygen atoms in total. The lowest BCUT2D eigenvalue weighted by Gasteiger charge is -2.33. The van der Waals surface area contributed by atoms with Gasteiger partial charge in [-0.05, 0) is 37.6 Å². The summed E-state index contributed by atoms with van der Waals surface area (Å²) in [7, 11) is 0. The second kappa shape index (κ2) is 7.09. The molecule has 120 valence electrons. The van der Waals surface area contributed by atoms with Gasteiger partial charge in [-0.2, -0.15) is 13.2 Å². The molecule has 21 heavy (non-hydrogen) atoms. The first-order chi connectivity index (χ1) is 9.91. The van der Waals surface area contributed by atoms with Crippen LogP contribution in [0.5, 0.6) is 0 Å². The van der Waals surface area contributed by atoms with Crippen molar-refractivity contribution in [3.63, 3.8) is 0 Å². The van der Waals surface area contributed by atoms with Crippen molar-refractivity contribution < 1.29 is 13.2 Å². The van der Waals surface area contributed by atoms with E-state index in [2.05, 4.69) is 24.1 Å². The summed E-state index contributed by atoms with van der Waals surface area (Å²) < 4.78 is 38.2. The Morgan fingerprint density at radius 2 is 2.19 bits per heavy atom. The van der Waals surface area contributed by atoms with Crippen molar-refractivity contribution in [3.05, 3.63) is 16.1 Å². The van der Waals surface area contributed by atoms with E-state index in [1.54, 1.807) is 0 Å². The summed E-state index contributed by atoms with van der Waals surface area (Å²) >= 11 is 0.795. The normalized spacial score (nSPS) is 25.0. The average molecular weight is 320 g/mol. The number of rotatable bonds is 5.